The van der Waals surface area contributed by atoms with E-state index in [0.29, 0.717) is 5.57 Å². The third-order valence-corrected chi connectivity index (χ3v) is 1.27. The van der Waals surface area contributed by atoms with E-state index in [1.54, 1.807) is 0 Å². The van der Waals surface area contributed by atoms with Gasteiger partial charge in [-0.1, -0.05) is 12.2 Å². The van der Waals surface area contributed by atoms with Gasteiger partial charge >= 0.3 is 29.6 Å². The molecule has 0 spiro atoms. The molecule has 3 nitrogen and oxygen atoms in total. The van der Waals surface area contributed by atoms with Gasteiger partial charge in [0.1, 0.15) is 0 Å². The van der Waals surface area contributed by atoms with E-state index in [2.05, 4.69) is 6.58 Å². The van der Waals surface area contributed by atoms with Crippen LogP contribution in [0.15, 0.2) is 12.2 Å². The molecule has 0 aromatic heterocycles. The van der Waals surface area contributed by atoms with Crippen molar-refractivity contribution in [2.45, 2.75) is 6.92 Å². The Bertz CT molecular complexity index is 182. The maximum absolute atomic E-state index is 9.83. The Kier molecular flexibility index (Phi) is 6.12. The Morgan fingerprint density at radius 1 is 1.67 bits per heavy atom. The molecule has 0 bridgehead atoms. The van der Waals surface area contributed by atoms with Crippen LogP contribution < -0.4 is 29.6 Å². The molecule has 0 aliphatic rings. The van der Waals surface area contributed by atoms with Crippen molar-refractivity contribution in [3.63, 3.8) is 0 Å². The van der Waals surface area contributed by atoms with Crippen LogP contribution in [-0.4, -0.2) is 18.7 Å². The summed E-state index contributed by atoms with van der Waals surface area (Å²) in [7, 11) is -4.07. The van der Waals surface area contributed by atoms with Gasteiger partial charge in [-0.15, -0.1) is 0 Å². The van der Waals surface area contributed by atoms with E-state index in [-0.39, 0.29) is 29.6 Å². The summed E-state index contributed by atoms with van der Waals surface area (Å²) in [6, 6.07) is 0. The SMILES string of the molecule is C=C(C)CS(=O)(=O)[O-].[Na+]. The minimum absolute atomic E-state index is 0. The second kappa shape index (κ2) is 4.46. The zero-order chi connectivity index (χ0) is 6.78. The fourth-order valence-corrected chi connectivity index (χ4v) is 0.905. The van der Waals surface area contributed by atoms with Crippen LogP contribution in [-0.2, 0) is 10.1 Å². The van der Waals surface area contributed by atoms with Crippen molar-refractivity contribution in [3.8, 4) is 0 Å². The van der Waals surface area contributed by atoms with Crippen LogP contribution in [0.2, 0.25) is 0 Å². The molecule has 0 saturated heterocycles. The minimum Gasteiger partial charge on any atom is -0.748 e. The Morgan fingerprint density at radius 2 is 2.00 bits per heavy atom. The fourth-order valence-electron chi connectivity index (χ4n) is 0.302. The molecule has 0 radical (unpaired) electrons. The molecule has 0 heterocycles. The summed E-state index contributed by atoms with van der Waals surface area (Å²) in [6.45, 7) is 4.76. The Balaban J connectivity index is 0. The van der Waals surface area contributed by atoms with Crippen LogP contribution in [0.5, 0.6) is 0 Å². The molecule has 0 N–H and O–H groups in total. The second-order valence-electron chi connectivity index (χ2n) is 1.66. The van der Waals surface area contributed by atoms with Crippen molar-refractivity contribution in [1.29, 1.82) is 0 Å². The van der Waals surface area contributed by atoms with Gasteiger partial charge in [-0.2, -0.15) is 0 Å². The maximum Gasteiger partial charge on any atom is 1.00 e. The molecular formula is C4H7NaO3S. The van der Waals surface area contributed by atoms with Gasteiger partial charge in [-0.25, -0.2) is 8.42 Å². The van der Waals surface area contributed by atoms with E-state index in [0.717, 1.165) is 0 Å². The minimum atomic E-state index is -4.07. The number of rotatable bonds is 2. The van der Waals surface area contributed by atoms with Crippen LogP contribution in [0.25, 0.3) is 0 Å². The first-order valence-corrected chi connectivity index (χ1v) is 3.57. The largest absolute Gasteiger partial charge is 1.00 e. The van der Waals surface area contributed by atoms with Gasteiger partial charge in [0.15, 0.2) is 0 Å². The molecule has 0 amide bonds. The Labute approximate surface area is 77.2 Å². The standard InChI is InChI=1S/C4H8O3S.Na/c1-4(2)3-8(5,6)7;/h1,3H2,2H3,(H,5,6,7);/q;+1/p-1. The summed E-state index contributed by atoms with van der Waals surface area (Å²) in [4.78, 5) is 0. The number of hydrogen-bond acceptors (Lipinski definition) is 3. The van der Waals surface area contributed by atoms with E-state index in [1.165, 1.54) is 6.92 Å². The molecule has 0 unspecified atom stereocenters. The summed E-state index contributed by atoms with van der Waals surface area (Å²) in [5.41, 5.74) is 0.375. The summed E-state index contributed by atoms with van der Waals surface area (Å²) in [6.07, 6.45) is 0. The fraction of sp³-hybridized carbons (Fsp3) is 0.500. The summed E-state index contributed by atoms with van der Waals surface area (Å²) in [5.74, 6) is -0.451. The van der Waals surface area contributed by atoms with Crippen LogP contribution in [0.1, 0.15) is 6.92 Å². The van der Waals surface area contributed by atoms with Crippen molar-refractivity contribution in [3.05, 3.63) is 12.2 Å². The molecule has 48 valence electrons. The van der Waals surface area contributed by atoms with Crippen molar-refractivity contribution >= 4 is 10.1 Å². The van der Waals surface area contributed by atoms with E-state index in [1.807, 2.05) is 0 Å². The summed E-state index contributed by atoms with van der Waals surface area (Å²) >= 11 is 0. The van der Waals surface area contributed by atoms with E-state index >= 15 is 0 Å². The van der Waals surface area contributed by atoms with Crippen molar-refractivity contribution < 1.29 is 42.5 Å². The summed E-state index contributed by atoms with van der Waals surface area (Å²) < 4.78 is 29.5. The summed E-state index contributed by atoms with van der Waals surface area (Å²) in [5, 5.41) is 0. The smallest absolute Gasteiger partial charge is 0.748 e. The van der Waals surface area contributed by atoms with Crippen LogP contribution in [0.4, 0.5) is 0 Å². The van der Waals surface area contributed by atoms with E-state index in [4.69, 9.17) is 0 Å². The van der Waals surface area contributed by atoms with Gasteiger partial charge in [0.2, 0.25) is 0 Å². The number of hydrogen-bond donors (Lipinski definition) is 0. The van der Waals surface area contributed by atoms with Gasteiger partial charge in [-0.3, -0.25) is 0 Å². The Morgan fingerprint density at radius 3 is 2.00 bits per heavy atom. The van der Waals surface area contributed by atoms with E-state index in [9.17, 15) is 13.0 Å². The molecule has 0 aromatic carbocycles. The first-order chi connectivity index (χ1) is 3.42. The predicted molar refractivity (Wildman–Crippen MR) is 29.4 cm³/mol. The first kappa shape index (κ1) is 12.3. The quantitative estimate of drug-likeness (QED) is 0.246. The zero-order valence-electron chi connectivity index (χ0n) is 5.55. The van der Waals surface area contributed by atoms with Crippen LogP contribution in [0.3, 0.4) is 0 Å². The maximum atomic E-state index is 9.83. The topological polar surface area (TPSA) is 57.2 Å². The third-order valence-electron chi connectivity index (χ3n) is 0.423. The van der Waals surface area contributed by atoms with Crippen LogP contribution >= 0.6 is 0 Å². The second-order valence-corrected chi connectivity index (χ2v) is 3.06. The molecule has 0 aliphatic heterocycles. The van der Waals surface area contributed by atoms with Crippen molar-refractivity contribution in [2.24, 2.45) is 0 Å². The molecule has 5 heteroatoms. The molecular weight excluding hydrogens is 151 g/mol. The average Bonchev–Trinajstić information content (AvgIpc) is 1.21. The average molecular weight is 158 g/mol. The molecule has 0 rings (SSSR count). The molecule has 0 atom stereocenters. The van der Waals surface area contributed by atoms with Gasteiger partial charge in [-0.05, 0) is 6.92 Å². The predicted octanol–water partition coefficient (Wildman–Crippen LogP) is -2.89. The molecule has 0 fully saturated rings. The van der Waals surface area contributed by atoms with Gasteiger partial charge in [0.05, 0.1) is 15.9 Å². The normalized spacial score (nSPS) is 10.0. The molecule has 0 aliphatic carbocycles. The Hall–Kier alpha value is 0.650. The first-order valence-electron chi connectivity index (χ1n) is 2.00. The van der Waals surface area contributed by atoms with Gasteiger partial charge < -0.3 is 4.55 Å². The monoisotopic (exact) mass is 158 g/mol. The van der Waals surface area contributed by atoms with Crippen molar-refractivity contribution in [1.82, 2.24) is 0 Å². The molecule has 9 heavy (non-hydrogen) atoms. The van der Waals surface area contributed by atoms with Crippen LogP contribution in [0, 0.1) is 0 Å². The zero-order valence-corrected chi connectivity index (χ0v) is 8.36. The van der Waals surface area contributed by atoms with Gasteiger partial charge in [0.25, 0.3) is 0 Å². The van der Waals surface area contributed by atoms with E-state index < -0.39 is 15.9 Å². The third kappa shape index (κ3) is 12.0. The molecule has 0 saturated carbocycles. The van der Waals surface area contributed by atoms with Gasteiger partial charge in [0, 0.05) is 0 Å². The molecule has 0 aromatic rings. The van der Waals surface area contributed by atoms with Crippen molar-refractivity contribution in [2.75, 3.05) is 5.75 Å².